The number of aliphatic hydroxyl groups excluding tert-OH is 6. The van der Waals surface area contributed by atoms with E-state index >= 15 is 0 Å². The molecule has 0 bridgehead atoms. The fourth-order valence-corrected chi connectivity index (χ4v) is 4.17. The zero-order valence-electron chi connectivity index (χ0n) is 47.1. The van der Waals surface area contributed by atoms with E-state index in [1.807, 2.05) is 25.2 Å². The molecule has 0 radical (unpaired) electrons. The number of aldehydes is 1. The maximum Gasteiger partial charge on any atom is 0.330 e. The number of carboxylic acids is 1. The van der Waals surface area contributed by atoms with Gasteiger partial charge in [-0.25, -0.2) is 4.79 Å². The topological polar surface area (TPSA) is 270 Å². The normalized spacial score (nSPS) is 14.1. The summed E-state index contributed by atoms with van der Waals surface area (Å²) in [6.07, 6.45) is 27.3. The Morgan fingerprint density at radius 3 is 1.36 bits per heavy atom. The number of aliphatic carboxylic acids is 1. The second-order valence-corrected chi connectivity index (χ2v) is 14.9. The first-order valence-electron chi connectivity index (χ1n) is 25.5. The van der Waals surface area contributed by atoms with Crippen LogP contribution in [0.2, 0.25) is 0 Å². The van der Waals surface area contributed by atoms with Gasteiger partial charge in [-0.15, -0.1) is 26.3 Å². The molecular weight excluding hydrogens is 949 g/mol. The molecule has 0 aromatic heterocycles. The zero-order valence-corrected chi connectivity index (χ0v) is 47.1. The van der Waals surface area contributed by atoms with Crippen molar-refractivity contribution in [1.82, 2.24) is 0 Å². The summed E-state index contributed by atoms with van der Waals surface area (Å²) >= 11 is 0. The van der Waals surface area contributed by atoms with Crippen molar-refractivity contribution in [3.8, 4) is 0 Å². The van der Waals surface area contributed by atoms with Crippen LogP contribution in [0.4, 0.5) is 0 Å². The van der Waals surface area contributed by atoms with E-state index in [1.54, 1.807) is 33.3 Å². The molecule has 0 aliphatic carbocycles. The number of methoxy groups -OCH3 is 3. The highest BCUT2D eigenvalue weighted by atomic mass is 16.7. The first kappa shape index (κ1) is 86.3. The van der Waals surface area contributed by atoms with Crippen molar-refractivity contribution in [2.75, 3.05) is 81.3 Å². The second-order valence-electron chi connectivity index (χ2n) is 14.9. The third kappa shape index (κ3) is 94.9. The predicted octanol–water partition coefficient (Wildman–Crippen LogP) is 8.61. The van der Waals surface area contributed by atoms with E-state index < -0.39 is 12.1 Å². The molecule has 0 aromatic carbocycles. The Bertz CT molecular complexity index is 1120. The monoisotopic (exact) mass is 1060 g/mol. The van der Waals surface area contributed by atoms with Gasteiger partial charge in [-0.2, -0.15) is 0 Å². The first-order chi connectivity index (χ1) is 35.1. The van der Waals surface area contributed by atoms with E-state index in [-0.39, 0.29) is 76.8 Å². The Hall–Kier alpha value is -3.47. The van der Waals surface area contributed by atoms with Gasteiger partial charge >= 0.3 is 11.9 Å². The van der Waals surface area contributed by atoms with Gasteiger partial charge in [-0.05, 0) is 57.9 Å². The third-order valence-corrected chi connectivity index (χ3v) is 8.14. The number of rotatable bonds is 35. The van der Waals surface area contributed by atoms with Gasteiger partial charge in [0.1, 0.15) is 32.8 Å². The summed E-state index contributed by atoms with van der Waals surface area (Å²) in [5, 5.41) is 57.9. The number of hydrogen-bond donors (Lipinski definition) is 7. The van der Waals surface area contributed by atoms with Crippen LogP contribution < -0.4 is 0 Å². The molecule has 0 aromatic rings. The largest absolute Gasteiger partial charge is 0.481 e. The van der Waals surface area contributed by atoms with Crippen LogP contribution in [-0.4, -0.2) is 172 Å². The minimum atomic E-state index is -0.911. The number of hydrogen-bond acceptors (Lipinski definition) is 17. The van der Waals surface area contributed by atoms with Gasteiger partial charge in [-0.3, -0.25) is 9.59 Å². The van der Waals surface area contributed by atoms with Crippen LogP contribution >= 0.6 is 0 Å². The van der Waals surface area contributed by atoms with Gasteiger partial charge in [-0.1, -0.05) is 117 Å². The van der Waals surface area contributed by atoms with Crippen molar-refractivity contribution in [1.29, 1.82) is 0 Å². The minimum Gasteiger partial charge on any atom is -0.481 e. The molecule has 1 saturated heterocycles. The summed E-state index contributed by atoms with van der Waals surface area (Å²) in [6, 6.07) is 0. The molecule has 0 spiro atoms. The molecule has 18 heteroatoms. The molecule has 1 rings (SSSR count). The van der Waals surface area contributed by atoms with Crippen molar-refractivity contribution in [2.45, 2.75) is 181 Å². The lowest BCUT2D eigenvalue weighted by atomic mass is 10.2. The molecule has 0 saturated carbocycles. The average molecular weight is 1060 g/mol. The Labute approximate surface area is 442 Å². The summed E-state index contributed by atoms with van der Waals surface area (Å²) in [4.78, 5) is 30.4. The fourth-order valence-electron chi connectivity index (χ4n) is 4.17. The number of allylic oxidation sites excluding steroid dienone is 3. The number of carboxylic acid groups (broad SMARTS) is 1. The standard InChI is InChI=1S/C8H16O2.C8H14O2.C7H12O4.C7H14O3.C6H12O2.C6H12O.C6H10O.C4H10O.C3H8O2/c1-4-6-8(5-2)10-7-9-3;1-3-5-6-7-8(9)10-4-2;1-3-6(4-7(8)9)11-5-10-2;1-3-7(4-5-8)10-6-9-2;1-2-3-5-6(4-7)8-5;1-3-5-6(7)4-2;1-2-3-4-5-6-7;1-2-3-4-5;4-2-1-3-5/h5,8H,2,4,6-7H2,1,3H3;6-7H,3-5H2,1-2H3;3,6H,1,4-5H2,2H3,(H,8,9);3,7-8H,1,4-6H2,2H3;5-7H,2-4H2,1H3;4,6-7H,2-3,5H2,1H3;4-6H,2-3H2,1H3;5H,2-4H2,1H3;4-5H,1-3H2/b;7-6+;;;;;5-4+;;/t;;;;5-,6-;6-;;;/m....10.../s1. The van der Waals surface area contributed by atoms with Crippen molar-refractivity contribution < 1.29 is 88.0 Å². The van der Waals surface area contributed by atoms with Crippen LogP contribution in [-0.2, 0) is 52.3 Å². The van der Waals surface area contributed by atoms with Crippen LogP contribution in [0, 0.1) is 0 Å². The highest BCUT2D eigenvalue weighted by Gasteiger charge is 2.36. The van der Waals surface area contributed by atoms with E-state index in [2.05, 4.69) is 75.1 Å². The zero-order chi connectivity index (χ0) is 57.6. The Balaban J connectivity index is -0.000000110. The molecule has 73 heavy (non-hydrogen) atoms. The summed E-state index contributed by atoms with van der Waals surface area (Å²) in [7, 11) is 4.64. The van der Waals surface area contributed by atoms with E-state index in [0.29, 0.717) is 39.0 Å². The van der Waals surface area contributed by atoms with Crippen LogP contribution in [0.1, 0.15) is 145 Å². The van der Waals surface area contributed by atoms with Crippen LogP contribution in [0.3, 0.4) is 0 Å². The quantitative estimate of drug-likeness (QED) is 0.00782. The van der Waals surface area contributed by atoms with Gasteiger partial charge in [0, 0.05) is 60.3 Å². The lowest BCUT2D eigenvalue weighted by Gasteiger charge is -2.10. The predicted molar refractivity (Wildman–Crippen MR) is 293 cm³/mol. The van der Waals surface area contributed by atoms with Gasteiger partial charge in [0.05, 0.1) is 50.2 Å². The number of epoxide rings is 1. The smallest absolute Gasteiger partial charge is 0.330 e. The SMILES string of the molecule is C=CC(CC(=O)O)OCOC.C=CC(CCC)OCOC.C=CC(CCO)OCOC.C=C[C@H](O)CCC.CCC/C=C/C(=O)OCC.CCC/C=C/C=O.CCCCO.CCC[C@H]1O[C@@H]1CO.OCCCO. The maximum atomic E-state index is 10.6. The minimum absolute atomic E-state index is 0.0765. The molecule has 18 nitrogen and oxygen atoms in total. The molecule has 6 atom stereocenters. The third-order valence-electron chi connectivity index (χ3n) is 8.14. The number of carbonyl (C=O) groups excluding carboxylic acids is 2. The van der Waals surface area contributed by atoms with Crippen molar-refractivity contribution in [2.24, 2.45) is 0 Å². The van der Waals surface area contributed by atoms with Crippen molar-refractivity contribution in [3.63, 3.8) is 0 Å². The number of aliphatic hydroxyl groups is 6. The molecule has 0 amide bonds. The lowest BCUT2D eigenvalue weighted by molar-refractivity contribution is -0.141. The molecule has 1 fully saturated rings. The van der Waals surface area contributed by atoms with Crippen LogP contribution in [0.5, 0.6) is 0 Å². The van der Waals surface area contributed by atoms with E-state index in [9.17, 15) is 14.4 Å². The van der Waals surface area contributed by atoms with Crippen molar-refractivity contribution >= 4 is 18.2 Å². The Morgan fingerprint density at radius 2 is 1.07 bits per heavy atom. The first-order valence-corrected chi connectivity index (χ1v) is 25.5. The van der Waals surface area contributed by atoms with E-state index in [1.165, 1.54) is 25.3 Å². The molecule has 1 aliphatic rings. The maximum absolute atomic E-state index is 10.6. The average Bonchev–Trinajstić information content (AvgIpc) is 4.16. The summed E-state index contributed by atoms with van der Waals surface area (Å²) in [5.74, 6) is -1.15. The van der Waals surface area contributed by atoms with Gasteiger partial charge in [0.25, 0.3) is 0 Å². The molecule has 7 N–H and O–H groups in total. The molecule has 1 aliphatic heterocycles. The van der Waals surface area contributed by atoms with Crippen molar-refractivity contribution in [3.05, 3.63) is 74.9 Å². The molecule has 436 valence electrons. The number of ether oxygens (including phenoxy) is 8. The number of esters is 1. The summed E-state index contributed by atoms with van der Waals surface area (Å²) < 4.78 is 39.0. The molecular formula is C55H108O18. The summed E-state index contributed by atoms with van der Waals surface area (Å²) in [6.45, 7) is 30.3. The molecule has 3 unspecified atom stereocenters. The Kier molecular flexibility index (Phi) is 97.5. The van der Waals surface area contributed by atoms with Gasteiger partial charge < -0.3 is 73.6 Å². The second kappa shape index (κ2) is 82.5. The van der Waals surface area contributed by atoms with E-state index in [4.69, 9.17) is 59.4 Å². The number of carbonyl (C=O) groups is 3. The highest BCUT2D eigenvalue weighted by Crippen LogP contribution is 2.25. The van der Waals surface area contributed by atoms with Gasteiger partial charge in [0.15, 0.2) is 0 Å². The van der Waals surface area contributed by atoms with Gasteiger partial charge in [0.2, 0.25) is 0 Å². The summed E-state index contributed by atoms with van der Waals surface area (Å²) in [5.41, 5.74) is 0. The Morgan fingerprint density at radius 1 is 0.589 bits per heavy atom. The molecule has 1 heterocycles. The fraction of sp³-hybridized carbons (Fsp3) is 0.727. The number of unbranched alkanes of at least 4 members (excludes halogenated alkanes) is 3. The lowest BCUT2D eigenvalue weighted by Crippen LogP contribution is -2.16. The van der Waals surface area contributed by atoms with Crippen LogP contribution in [0.15, 0.2) is 74.9 Å². The highest BCUT2D eigenvalue weighted by molar-refractivity contribution is 5.81. The van der Waals surface area contributed by atoms with E-state index in [0.717, 1.165) is 83.3 Å². The van der Waals surface area contributed by atoms with Crippen LogP contribution in [0.25, 0.3) is 0 Å².